The van der Waals surface area contributed by atoms with Gasteiger partial charge in [-0.15, -0.1) is 0 Å². The van der Waals surface area contributed by atoms with E-state index in [0.29, 0.717) is 43.3 Å². The summed E-state index contributed by atoms with van der Waals surface area (Å²) >= 11 is 6.09. The van der Waals surface area contributed by atoms with Crippen molar-refractivity contribution in [2.24, 2.45) is 5.92 Å². The number of imidazole rings is 1. The van der Waals surface area contributed by atoms with Crippen LogP contribution in [0.25, 0.3) is 11.0 Å². The molecule has 178 valence electrons. The molecule has 2 atom stereocenters. The van der Waals surface area contributed by atoms with Gasteiger partial charge in [0.25, 0.3) is 0 Å². The molecule has 34 heavy (non-hydrogen) atoms. The number of ether oxygens (including phenoxy) is 1. The minimum Gasteiger partial charge on any atom is -0.481 e. The van der Waals surface area contributed by atoms with Crippen molar-refractivity contribution in [2.75, 3.05) is 13.7 Å². The Morgan fingerprint density at radius 2 is 2.09 bits per heavy atom. The molecule has 2 aromatic heterocycles. The van der Waals surface area contributed by atoms with Crippen molar-refractivity contribution in [1.29, 1.82) is 0 Å². The van der Waals surface area contributed by atoms with E-state index >= 15 is 0 Å². The first-order valence-corrected chi connectivity index (χ1v) is 11.9. The molecule has 1 aromatic carbocycles. The van der Waals surface area contributed by atoms with E-state index in [-0.39, 0.29) is 17.9 Å². The summed E-state index contributed by atoms with van der Waals surface area (Å²) < 4.78 is 7.06. The first-order chi connectivity index (χ1) is 16.4. The minimum absolute atomic E-state index is 0.0188. The fraction of sp³-hybridized carbons (Fsp3) is 0.458. The van der Waals surface area contributed by atoms with Crippen molar-refractivity contribution in [3.8, 4) is 0 Å². The Bertz CT molecular complexity index is 1260. The van der Waals surface area contributed by atoms with Gasteiger partial charge in [0.15, 0.2) is 0 Å². The molecule has 3 heterocycles. The van der Waals surface area contributed by atoms with Gasteiger partial charge in [-0.05, 0) is 37.3 Å². The van der Waals surface area contributed by atoms with Crippen LogP contribution in [-0.2, 0) is 29.0 Å². The number of benzene rings is 1. The van der Waals surface area contributed by atoms with Crippen LogP contribution in [0.2, 0.25) is 5.15 Å². The standard InChI is InChI=1S/C24H26ClN5O4/c1-34-24(33)29-8-7-14-5-6-19-21(18(14)13-29)28-22(15-3-2-4-16(9-15)23(31)32)30(19)12-17-10-26-11-20(25)27-17/h5-6,10-11,15-16H,2-4,7-9,12-13H2,1H3,(H,31,32)/t15-,16-/m0/s1. The van der Waals surface area contributed by atoms with Gasteiger partial charge in [0.2, 0.25) is 0 Å². The van der Waals surface area contributed by atoms with Crippen molar-refractivity contribution >= 4 is 34.7 Å². The number of halogens is 1. The van der Waals surface area contributed by atoms with Crippen molar-refractivity contribution in [3.63, 3.8) is 0 Å². The molecule has 5 rings (SSSR count). The maximum atomic E-state index is 12.2. The lowest BCUT2D eigenvalue weighted by molar-refractivity contribution is -0.143. The van der Waals surface area contributed by atoms with E-state index in [1.807, 2.05) is 0 Å². The number of hydrogen-bond acceptors (Lipinski definition) is 6. The molecule has 1 fully saturated rings. The highest BCUT2D eigenvalue weighted by molar-refractivity contribution is 6.29. The van der Waals surface area contributed by atoms with Crippen molar-refractivity contribution in [2.45, 2.75) is 51.1 Å². The van der Waals surface area contributed by atoms with E-state index in [1.165, 1.54) is 18.9 Å². The molecule has 1 saturated carbocycles. The first kappa shape index (κ1) is 22.6. The van der Waals surface area contributed by atoms with Gasteiger partial charge < -0.3 is 19.3 Å². The lowest BCUT2D eigenvalue weighted by atomic mass is 9.81. The van der Waals surface area contributed by atoms with Gasteiger partial charge in [-0.3, -0.25) is 9.78 Å². The van der Waals surface area contributed by atoms with Gasteiger partial charge in [0.1, 0.15) is 11.0 Å². The highest BCUT2D eigenvalue weighted by Crippen LogP contribution is 2.39. The number of carboxylic acid groups (broad SMARTS) is 1. The van der Waals surface area contributed by atoms with Crippen LogP contribution in [0.4, 0.5) is 4.79 Å². The zero-order valence-corrected chi connectivity index (χ0v) is 19.7. The van der Waals surface area contributed by atoms with Gasteiger partial charge in [-0.1, -0.05) is 24.1 Å². The second-order valence-corrected chi connectivity index (χ2v) is 9.39. The molecule has 0 radical (unpaired) electrons. The van der Waals surface area contributed by atoms with Crippen LogP contribution in [0, 0.1) is 5.92 Å². The quantitative estimate of drug-likeness (QED) is 0.596. The fourth-order valence-corrected chi connectivity index (χ4v) is 5.44. The Morgan fingerprint density at radius 3 is 2.85 bits per heavy atom. The van der Waals surface area contributed by atoms with E-state index < -0.39 is 5.97 Å². The zero-order chi connectivity index (χ0) is 23.8. The Kier molecular flexibility index (Phi) is 6.12. The summed E-state index contributed by atoms with van der Waals surface area (Å²) in [6.07, 6.45) is 6.51. The summed E-state index contributed by atoms with van der Waals surface area (Å²) in [5.41, 5.74) is 4.65. The lowest BCUT2D eigenvalue weighted by Gasteiger charge is -2.27. The molecule has 0 saturated heterocycles. The summed E-state index contributed by atoms with van der Waals surface area (Å²) in [5, 5.41) is 9.95. The summed E-state index contributed by atoms with van der Waals surface area (Å²) in [4.78, 5) is 39.3. The molecule has 0 bridgehead atoms. The molecule has 1 aliphatic carbocycles. The Labute approximate surface area is 201 Å². The maximum absolute atomic E-state index is 12.2. The summed E-state index contributed by atoms with van der Waals surface area (Å²) in [5.74, 6) is -0.252. The van der Waals surface area contributed by atoms with Crippen LogP contribution in [0.3, 0.4) is 0 Å². The number of nitrogens with zero attached hydrogens (tertiary/aromatic N) is 5. The molecule has 9 nitrogen and oxygen atoms in total. The minimum atomic E-state index is -0.751. The third kappa shape index (κ3) is 4.20. The number of carbonyl (C=O) groups is 2. The predicted octanol–water partition coefficient (Wildman–Crippen LogP) is 4.01. The van der Waals surface area contributed by atoms with Gasteiger partial charge in [-0.2, -0.15) is 0 Å². The summed E-state index contributed by atoms with van der Waals surface area (Å²) in [7, 11) is 1.39. The average molecular weight is 484 g/mol. The number of rotatable bonds is 4. The zero-order valence-electron chi connectivity index (χ0n) is 18.9. The van der Waals surface area contributed by atoms with Crippen molar-refractivity contribution in [1.82, 2.24) is 24.4 Å². The van der Waals surface area contributed by atoms with Gasteiger partial charge in [-0.25, -0.2) is 14.8 Å². The topological polar surface area (TPSA) is 110 Å². The largest absolute Gasteiger partial charge is 0.481 e. The molecular weight excluding hydrogens is 458 g/mol. The third-order valence-corrected chi connectivity index (χ3v) is 7.13. The van der Waals surface area contributed by atoms with Crippen molar-refractivity contribution < 1.29 is 19.4 Å². The normalized spacial score (nSPS) is 20.2. The number of carboxylic acids is 1. The van der Waals surface area contributed by atoms with E-state index in [2.05, 4.69) is 26.7 Å². The van der Waals surface area contributed by atoms with E-state index in [0.717, 1.165) is 41.7 Å². The Hall–Kier alpha value is -3.20. The number of aliphatic carboxylic acids is 1. The number of amides is 1. The summed E-state index contributed by atoms with van der Waals surface area (Å²) in [6, 6.07) is 4.16. The molecule has 1 N–H and O–H groups in total. The highest BCUT2D eigenvalue weighted by atomic mass is 35.5. The van der Waals surface area contributed by atoms with Gasteiger partial charge in [0, 0.05) is 18.0 Å². The number of methoxy groups -OCH3 is 1. The molecule has 1 amide bonds. The molecule has 0 spiro atoms. The van der Waals surface area contributed by atoms with Gasteiger partial charge >= 0.3 is 12.1 Å². The average Bonchev–Trinajstić information content (AvgIpc) is 3.22. The SMILES string of the molecule is COC(=O)N1CCc2ccc3c(nc([C@H]4CCC[C@H](C(=O)O)C4)n3Cc3cncc(Cl)n3)c2C1. The molecule has 3 aromatic rings. The fourth-order valence-electron chi connectivity index (χ4n) is 5.27. The Balaban J connectivity index is 1.62. The number of hydrogen-bond donors (Lipinski definition) is 1. The van der Waals surface area contributed by atoms with E-state index in [1.54, 1.807) is 11.1 Å². The third-order valence-electron chi connectivity index (χ3n) is 6.95. The molecule has 10 heteroatoms. The molecule has 2 aliphatic rings. The van der Waals surface area contributed by atoms with Crippen LogP contribution in [0.5, 0.6) is 0 Å². The second-order valence-electron chi connectivity index (χ2n) is 9.00. The van der Waals surface area contributed by atoms with E-state index in [4.69, 9.17) is 21.3 Å². The smallest absolute Gasteiger partial charge is 0.409 e. The monoisotopic (exact) mass is 483 g/mol. The summed E-state index contributed by atoms with van der Waals surface area (Å²) in [6.45, 7) is 1.45. The lowest BCUT2D eigenvalue weighted by Crippen LogP contribution is -2.35. The number of fused-ring (bicyclic) bond motifs is 3. The molecular formula is C24H26ClN5O4. The van der Waals surface area contributed by atoms with Crippen LogP contribution in [0.15, 0.2) is 24.5 Å². The van der Waals surface area contributed by atoms with Crippen LogP contribution in [-0.4, -0.2) is 55.2 Å². The molecule has 0 unspecified atom stereocenters. The maximum Gasteiger partial charge on any atom is 0.409 e. The Morgan fingerprint density at radius 1 is 1.24 bits per heavy atom. The predicted molar refractivity (Wildman–Crippen MR) is 125 cm³/mol. The van der Waals surface area contributed by atoms with Crippen molar-refractivity contribution in [3.05, 3.63) is 52.3 Å². The second kappa shape index (κ2) is 9.21. The van der Waals surface area contributed by atoms with Crippen LogP contribution >= 0.6 is 11.6 Å². The first-order valence-electron chi connectivity index (χ1n) is 11.5. The number of aromatic nitrogens is 4. The number of carbonyl (C=O) groups excluding carboxylic acids is 1. The van der Waals surface area contributed by atoms with Crippen LogP contribution < -0.4 is 0 Å². The molecule has 1 aliphatic heterocycles. The van der Waals surface area contributed by atoms with Gasteiger partial charge in [0.05, 0.1) is 55.2 Å². The van der Waals surface area contributed by atoms with E-state index in [9.17, 15) is 14.7 Å². The van der Waals surface area contributed by atoms with Crippen LogP contribution in [0.1, 0.15) is 54.2 Å². The highest BCUT2D eigenvalue weighted by Gasteiger charge is 2.32.